The summed E-state index contributed by atoms with van der Waals surface area (Å²) in [6, 6.07) is 21.2. The number of rotatable bonds is 3. The van der Waals surface area contributed by atoms with Gasteiger partial charge in [-0.1, -0.05) is 60.7 Å². The van der Waals surface area contributed by atoms with Crippen LogP contribution in [0, 0.1) is 0 Å². The summed E-state index contributed by atoms with van der Waals surface area (Å²) in [6.45, 7) is 3.55. The second-order valence-electron chi connectivity index (χ2n) is 7.24. The van der Waals surface area contributed by atoms with Gasteiger partial charge in [-0.2, -0.15) is 0 Å². The Balaban J connectivity index is 0.00000210. The van der Waals surface area contributed by atoms with E-state index < -0.39 is 0 Å². The van der Waals surface area contributed by atoms with Crippen LogP contribution in [0.15, 0.2) is 60.7 Å². The van der Waals surface area contributed by atoms with E-state index in [0.717, 1.165) is 25.9 Å². The third kappa shape index (κ3) is 4.03. The third-order valence-electron chi connectivity index (χ3n) is 5.66. The molecular weight excluding hydrogens is 360 g/mol. The number of carbonyl (C=O) groups excluding carboxylic acids is 1. The van der Waals surface area contributed by atoms with Gasteiger partial charge in [0.15, 0.2) is 0 Å². The standard InChI is InChI=1S/C22H26N2O2.ClH/c25-21(20-16-23-13-15-26-20)24-14-7-12-22(17-24,18-8-3-1-4-9-18)19-10-5-2-6-11-19;/h1-6,8-11,20,23H,7,12-17H2;1H. The molecule has 5 heteroatoms. The van der Waals surface area contributed by atoms with Crippen LogP contribution in [0.1, 0.15) is 24.0 Å². The fraction of sp³-hybridized carbons (Fsp3) is 0.409. The fourth-order valence-corrected chi connectivity index (χ4v) is 4.32. The van der Waals surface area contributed by atoms with Crippen molar-refractivity contribution in [1.82, 2.24) is 10.2 Å². The molecule has 2 aliphatic rings. The SMILES string of the molecule is Cl.O=C(C1CNCCO1)N1CCCC(c2ccccc2)(c2ccccc2)C1. The van der Waals surface area contributed by atoms with Crippen molar-refractivity contribution in [1.29, 1.82) is 0 Å². The van der Waals surface area contributed by atoms with Gasteiger partial charge in [-0.3, -0.25) is 4.79 Å². The predicted octanol–water partition coefficient (Wildman–Crippen LogP) is 3.01. The van der Waals surface area contributed by atoms with Crippen LogP contribution in [-0.4, -0.2) is 49.7 Å². The van der Waals surface area contributed by atoms with E-state index in [2.05, 4.69) is 66.0 Å². The lowest BCUT2D eigenvalue weighted by Crippen LogP contribution is -2.55. The van der Waals surface area contributed by atoms with E-state index in [1.165, 1.54) is 11.1 Å². The number of hydrogen-bond acceptors (Lipinski definition) is 3. The summed E-state index contributed by atoms with van der Waals surface area (Å²) in [6.07, 6.45) is 1.69. The lowest BCUT2D eigenvalue weighted by Gasteiger charge is -2.45. The minimum atomic E-state index is -0.355. The minimum Gasteiger partial charge on any atom is -0.366 e. The summed E-state index contributed by atoms with van der Waals surface area (Å²) in [5, 5.41) is 3.27. The molecule has 0 aliphatic carbocycles. The van der Waals surface area contributed by atoms with Gasteiger partial charge in [0.2, 0.25) is 0 Å². The van der Waals surface area contributed by atoms with Crippen molar-refractivity contribution in [3.05, 3.63) is 71.8 Å². The maximum absolute atomic E-state index is 13.1. The van der Waals surface area contributed by atoms with Crippen LogP contribution >= 0.6 is 12.4 Å². The average molecular weight is 387 g/mol. The van der Waals surface area contributed by atoms with Gasteiger partial charge in [0.05, 0.1) is 6.61 Å². The lowest BCUT2D eigenvalue weighted by molar-refractivity contribution is -0.147. The van der Waals surface area contributed by atoms with Gasteiger partial charge in [-0.15, -0.1) is 12.4 Å². The minimum absolute atomic E-state index is 0. The molecular formula is C22H27ClN2O2. The largest absolute Gasteiger partial charge is 0.366 e. The van der Waals surface area contributed by atoms with Crippen LogP contribution in [0.2, 0.25) is 0 Å². The molecule has 2 fully saturated rings. The molecule has 0 saturated carbocycles. The molecule has 1 amide bonds. The molecule has 4 nitrogen and oxygen atoms in total. The zero-order valence-electron chi connectivity index (χ0n) is 15.5. The van der Waals surface area contributed by atoms with Crippen LogP contribution in [0.5, 0.6) is 0 Å². The first-order valence-electron chi connectivity index (χ1n) is 9.52. The van der Waals surface area contributed by atoms with Crippen LogP contribution in [-0.2, 0) is 14.9 Å². The number of nitrogens with one attached hydrogen (secondary N) is 1. The van der Waals surface area contributed by atoms with Crippen molar-refractivity contribution in [2.45, 2.75) is 24.4 Å². The Morgan fingerprint density at radius 3 is 2.22 bits per heavy atom. The van der Waals surface area contributed by atoms with Gasteiger partial charge in [-0.05, 0) is 24.0 Å². The normalized spacial score (nSPS) is 21.9. The fourth-order valence-electron chi connectivity index (χ4n) is 4.32. The first-order valence-corrected chi connectivity index (χ1v) is 9.52. The quantitative estimate of drug-likeness (QED) is 0.881. The van der Waals surface area contributed by atoms with E-state index in [4.69, 9.17) is 4.74 Å². The van der Waals surface area contributed by atoms with E-state index in [0.29, 0.717) is 19.7 Å². The first kappa shape index (κ1) is 19.9. The second-order valence-corrected chi connectivity index (χ2v) is 7.24. The van der Waals surface area contributed by atoms with Gasteiger partial charge >= 0.3 is 0 Å². The van der Waals surface area contributed by atoms with Crippen molar-refractivity contribution in [3.8, 4) is 0 Å². The van der Waals surface area contributed by atoms with Gasteiger partial charge in [0.25, 0.3) is 5.91 Å². The number of piperidine rings is 1. The molecule has 2 aliphatic heterocycles. The van der Waals surface area contributed by atoms with E-state index in [1.54, 1.807) is 0 Å². The molecule has 0 aromatic heterocycles. The van der Waals surface area contributed by atoms with Gasteiger partial charge in [-0.25, -0.2) is 0 Å². The van der Waals surface area contributed by atoms with E-state index in [1.807, 2.05) is 4.90 Å². The number of halogens is 1. The van der Waals surface area contributed by atoms with E-state index in [9.17, 15) is 4.79 Å². The Morgan fingerprint density at radius 2 is 1.67 bits per heavy atom. The van der Waals surface area contributed by atoms with Crippen molar-refractivity contribution in [3.63, 3.8) is 0 Å². The van der Waals surface area contributed by atoms with E-state index in [-0.39, 0.29) is 29.8 Å². The molecule has 0 spiro atoms. The highest BCUT2D eigenvalue weighted by molar-refractivity contribution is 5.85. The van der Waals surface area contributed by atoms with Gasteiger partial charge in [0, 0.05) is 31.6 Å². The van der Waals surface area contributed by atoms with Crippen LogP contribution < -0.4 is 5.32 Å². The molecule has 4 rings (SSSR count). The van der Waals surface area contributed by atoms with Crippen molar-refractivity contribution in [2.24, 2.45) is 0 Å². The zero-order valence-corrected chi connectivity index (χ0v) is 16.3. The molecule has 2 aromatic rings. The lowest BCUT2D eigenvalue weighted by atomic mass is 9.69. The average Bonchev–Trinajstić information content (AvgIpc) is 2.75. The molecule has 2 heterocycles. The molecule has 144 valence electrons. The highest BCUT2D eigenvalue weighted by Crippen LogP contribution is 2.40. The molecule has 1 N–H and O–H groups in total. The number of hydrogen-bond donors (Lipinski definition) is 1. The maximum Gasteiger partial charge on any atom is 0.253 e. The smallest absolute Gasteiger partial charge is 0.253 e. The highest BCUT2D eigenvalue weighted by Gasteiger charge is 2.41. The molecule has 0 bridgehead atoms. The number of nitrogens with zero attached hydrogens (tertiary/aromatic N) is 1. The Kier molecular flexibility index (Phi) is 6.53. The molecule has 0 radical (unpaired) electrons. The summed E-state index contributed by atoms with van der Waals surface area (Å²) in [5.41, 5.74) is 2.41. The topological polar surface area (TPSA) is 41.6 Å². The molecule has 1 unspecified atom stereocenters. The summed E-state index contributed by atoms with van der Waals surface area (Å²) < 4.78 is 5.72. The number of likely N-dealkylation sites (tertiary alicyclic amines) is 1. The summed E-state index contributed by atoms with van der Waals surface area (Å²) in [7, 11) is 0. The third-order valence-corrected chi connectivity index (χ3v) is 5.66. The number of benzene rings is 2. The van der Waals surface area contributed by atoms with Crippen molar-refractivity contribution >= 4 is 18.3 Å². The van der Waals surface area contributed by atoms with Gasteiger partial charge in [0.1, 0.15) is 6.10 Å². The Labute approximate surface area is 167 Å². The van der Waals surface area contributed by atoms with Crippen LogP contribution in [0.3, 0.4) is 0 Å². The van der Waals surface area contributed by atoms with E-state index >= 15 is 0 Å². The Bertz CT molecular complexity index is 693. The first-order chi connectivity index (χ1) is 12.8. The molecule has 2 saturated heterocycles. The van der Waals surface area contributed by atoms with Crippen LogP contribution in [0.4, 0.5) is 0 Å². The Hall–Kier alpha value is -1.88. The van der Waals surface area contributed by atoms with Crippen molar-refractivity contribution < 1.29 is 9.53 Å². The Morgan fingerprint density at radius 1 is 1.04 bits per heavy atom. The highest BCUT2D eigenvalue weighted by atomic mass is 35.5. The second kappa shape index (κ2) is 8.87. The number of amides is 1. The van der Waals surface area contributed by atoms with Crippen molar-refractivity contribution in [2.75, 3.05) is 32.8 Å². The monoisotopic (exact) mass is 386 g/mol. The predicted molar refractivity (Wildman–Crippen MR) is 109 cm³/mol. The molecule has 1 atom stereocenters. The number of carbonyl (C=O) groups is 1. The summed E-state index contributed by atoms with van der Waals surface area (Å²) >= 11 is 0. The van der Waals surface area contributed by atoms with Crippen LogP contribution in [0.25, 0.3) is 0 Å². The zero-order chi connectivity index (χ0) is 17.8. The summed E-state index contributed by atoms with van der Waals surface area (Å²) in [5.74, 6) is 0.119. The van der Waals surface area contributed by atoms with Gasteiger partial charge < -0.3 is 15.0 Å². The number of morpholine rings is 1. The number of ether oxygens (including phenoxy) is 1. The summed E-state index contributed by atoms with van der Waals surface area (Å²) in [4.78, 5) is 15.1. The maximum atomic E-state index is 13.1. The molecule has 2 aromatic carbocycles. The molecule has 27 heavy (non-hydrogen) atoms.